The van der Waals surface area contributed by atoms with Crippen LogP contribution < -0.4 is 0 Å². The van der Waals surface area contributed by atoms with Crippen molar-refractivity contribution in [3.8, 4) is 0 Å². The second-order valence-electron chi connectivity index (χ2n) is 7.84. The molecule has 1 atom stereocenters. The minimum atomic E-state index is -2.46. The molecule has 4 rings (SSSR count). The Morgan fingerprint density at radius 2 is 1.89 bits per heavy atom. The van der Waals surface area contributed by atoms with Crippen molar-refractivity contribution in [2.24, 2.45) is 0 Å². The van der Waals surface area contributed by atoms with Gasteiger partial charge >= 0.3 is 0 Å². The van der Waals surface area contributed by atoms with Gasteiger partial charge in [0.2, 0.25) is 5.91 Å². The molecule has 2 fully saturated rings. The van der Waals surface area contributed by atoms with Crippen molar-refractivity contribution < 1.29 is 13.7 Å². The quantitative estimate of drug-likeness (QED) is 0.860. The van der Waals surface area contributed by atoms with Gasteiger partial charge < -0.3 is 9.64 Å². The minimum Gasteiger partial charge on any atom is -0.371 e. The van der Waals surface area contributed by atoms with E-state index < -0.39 is 15.3 Å². The summed E-state index contributed by atoms with van der Waals surface area (Å²) in [5.74, 6) is 0.642. The molecular formula is C21H26N2O3S. The van der Waals surface area contributed by atoms with Crippen molar-refractivity contribution in [3.05, 3.63) is 48.0 Å². The van der Waals surface area contributed by atoms with E-state index in [4.69, 9.17) is 9.52 Å². The summed E-state index contributed by atoms with van der Waals surface area (Å²) in [7, 11) is -2.46. The van der Waals surface area contributed by atoms with E-state index in [2.05, 4.69) is 24.3 Å². The summed E-state index contributed by atoms with van der Waals surface area (Å²) in [6, 6.07) is 14.4. The number of carbonyl (C=O) groups excluding carboxylic acids is 1. The van der Waals surface area contributed by atoms with Crippen LogP contribution in [0, 0.1) is 4.78 Å². The van der Waals surface area contributed by atoms with Crippen molar-refractivity contribution in [2.75, 3.05) is 31.2 Å². The van der Waals surface area contributed by atoms with E-state index in [1.165, 1.54) is 5.39 Å². The fourth-order valence-electron chi connectivity index (χ4n) is 4.16. The Morgan fingerprint density at radius 3 is 2.63 bits per heavy atom. The van der Waals surface area contributed by atoms with Gasteiger partial charge in [0.05, 0.1) is 18.1 Å². The third kappa shape index (κ3) is 3.73. The summed E-state index contributed by atoms with van der Waals surface area (Å²) in [6.07, 6.45) is 1.20. The third-order valence-corrected chi connectivity index (χ3v) is 7.71. The Morgan fingerprint density at radius 1 is 1.19 bits per heavy atom. The molecule has 2 heterocycles. The largest absolute Gasteiger partial charge is 0.371 e. The summed E-state index contributed by atoms with van der Waals surface area (Å²) in [5.41, 5.74) is 0.607. The number of fused-ring (bicyclic) bond motifs is 1. The molecule has 1 spiro atoms. The van der Waals surface area contributed by atoms with Crippen LogP contribution in [0.4, 0.5) is 0 Å². The molecule has 27 heavy (non-hydrogen) atoms. The number of nitrogens with zero attached hydrogens (tertiary/aromatic N) is 1. The van der Waals surface area contributed by atoms with E-state index in [-0.39, 0.29) is 11.8 Å². The highest BCUT2D eigenvalue weighted by atomic mass is 32.2. The van der Waals surface area contributed by atoms with Crippen LogP contribution in [-0.2, 0) is 19.3 Å². The van der Waals surface area contributed by atoms with Crippen LogP contribution in [0.3, 0.4) is 0 Å². The van der Waals surface area contributed by atoms with Gasteiger partial charge in [-0.15, -0.1) is 0 Å². The highest BCUT2D eigenvalue weighted by Crippen LogP contribution is 2.33. The predicted molar refractivity (Wildman–Crippen MR) is 107 cm³/mol. The monoisotopic (exact) mass is 386 g/mol. The van der Waals surface area contributed by atoms with Crippen LogP contribution >= 0.6 is 0 Å². The molecule has 2 aromatic carbocycles. The molecule has 2 aliphatic rings. The molecule has 144 valence electrons. The van der Waals surface area contributed by atoms with E-state index in [9.17, 15) is 9.00 Å². The fraction of sp³-hybridized carbons (Fsp3) is 0.476. The normalized spacial score (nSPS) is 29.7. The van der Waals surface area contributed by atoms with Gasteiger partial charge in [0.25, 0.3) is 0 Å². The highest BCUT2D eigenvalue weighted by molar-refractivity contribution is 7.92. The molecule has 2 aromatic rings. The van der Waals surface area contributed by atoms with Crippen LogP contribution in [0.5, 0.6) is 0 Å². The molecule has 2 saturated heterocycles. The SMILES string of the molecule is CC(C(=O)N1CCOC2(CCS(=N)(=O)CC2)C1)c1ccc2ccccc2c1. The van der Waals surface area contributed by atoms with Gasteiger partial charge in [-0.05, 0) is 36.1 Å². The molecule has 0 aliphatic carbocycles. The van der Waals surface area contributed by atoms with Crippen molar-refractivity contribution >= 4 is 26.4 Å². The number of nitrogens with one attached hydrogen (secondary N) is 1. The molecule has 1 amide bonds. The maximum absolute atomic E-state index is 13.2. The zero-order valence-corrected chi connectivity index (χ0v) is 16.5. The fourth-order valence-corrected chi connectivity index (χ4v) is 5.77. The van der Waals surface area contributed by atoms with Gasteiger partial charge in [-0.3, -0.25) is 9.57 Å². The molecule has 5 nitrogen and oxygen atoms in total. The first-order valence-electron chi connectivity index (χ1n) is 9.53. The lowest BCUT2D eigenvalue weighted by molar-refractivity contribution is -0.153. The van der Waals surface area contributed by atoms with Crippen molar-refractivity contribution in [1.29, 1.82) is 4.78 Å². The summed E-state index contributed by atoms with van der Waals surface area (Å²) >= 11 is 0. The van der Waals surface area contributed by atoms with E-state index >= 15 is 0 Å². The molecule has 0 radical (unpaired) electrons. The molecule has 2 aliphatic heterocycles. The Balaban J connectivity index is 1.51. The van der Waals surface area contributed by atoms with Gasteiger partial charge in [-0.1, -0.05) is 42.5 Å². The smallest absolute Gasteiger partial charge is 0.230 e. The topological polar surface area (TPSA) is 70.5 Å². The first-order chi connectivity index (χ1) is 12.9. The Bertz CT molecular complexity index is 956. The number of carbonyl (C=O) groups is 1. The van der Waals surface area contributed by atoms with Crippen LogP contribution in [-0.4, -0.2) is 51.8 Å². The van der Waals surface area contributed by atoms with Gasteiger partial charge in [0.1, 0.15) is 0 Å². The average molecular weight is 387 g/mol. The first-order valence-corrected chi connectivity index (χ1v) is 11.4. The maximum atomic E-state index is 13.2. The second-order valence-corrected chi connectivity index (χ2v) is 10.3. The van der Waals surface area contributed by atoms with E-state index in [0.29, 0.717) is 44.0 Å². The number of ether oxygens (including phenoxy) is 1. The van der Waals surface area contributed by atoms with Gasteiger partial charge in [0.15, 0.2) is 0 Å². The van der Waals surface area contributed by atoms with Crippen molar-refractivity contribution in [3.63, 3.8) is 0 Å². The molecule has 1 unspecified atom stereocenters. The second kappa shape index (κ2) is 6.91. The number of hydrogen-bond acceptors (Lipinski definition) is 4. The lowest BCUT2D eigenvalue weighted by Gasteiger charge is -2.45. The van der Waals surface area contributed by atoms with Gasteiger partial charge in [0, 0.05) is 34.3 Å². The lowest BCUT2D eigenvalue weighted by atomic mass is 9.92. The number of amides is 1. The van der Waals surface area contributed by atoms with E-state index in [1.807, 2.05) is 30.0 Å². The van der Waals surface area contributed by atoms with Crippen LogP contribution in [0.15, 0.2) is 42.5 Å². The average Bonchev–Trinajstić information content (AvgIpc) is 2.69. The number of morpholine rings is 1. The summed E-state index contributed by atoms with van der Waals surface area (Å²) in [4.78, 5) is 15.1. The van der Waals surface area contributed by atoms with Gasteiger partial charge in [-0.2, -0.15) is 0 Å². The molecular weight excluding hydrogens is 360 g/mol. The predicted octanol–water partition coefficient (Wildman–Crippen LogP) is 3.38. The molecule has 0 aromatic heterocycles. The van der Waals surface area contributed by atoms with E-state index in [1.54, 1.807) is 0 Å². The lowest BCUT2D eigenvalue weighted by Crippen LogP contribution is -2.57. The number of hydrogen-bond donors (Lipinski definition) is 1. The van der Waals surface area contributed by atoms with Crippen LogP contribution in [0.1, 0.15) is 31.2 Å². The minimum absolute atomic E-state index is 0.116. The molecule has 0 bridgehead atoms. The molecule has 0 saturated carbocycles. The highest BCUT2D eigenvalue weighted by Gasteiger charge is 2.42. The van der Waals surface area contributed by atoms with E-state index in [0.717, 1.165) is 10.9 Å². The Kier molecular flexibility index (Phi) is 4.72. The summed E-state index contributed by atoms with van der Waals surface area (Å²) in [5, 5.41) is 2.32. The number of benzene rings is 2. The maximum Gasteiger partial charge on any atom is 0.230 e. The Hall–Kier alpha value is -1.92. The number of rotatable bonds is 2. The van der Waals surface area contributed by atoms with Crippen molar-refractivity contribution in [1.82, 2.24) is 4.90 Å². The van der Waals surface area contributed by atoms with Crippen molar-refractivity contribution in [2.45, 2.75) is 31.3 Å². The summed E-state index contributed by atoms with van der Waals surface area (Å²) < 4.78 is 25.8. The summed E-state index contributed by atoms with van der Waals surface area (Å²) in [6.45, 7) is 3.61. The van der Waals surface area contributed by atoms with Crippen LogP contribution in [0.2, 0.25) is 0 Å². The zero-order valence-electron chi connectivity index (χ0n) is 15.6. The van der Waals surface area contributed by atoms with Gasteiger partial charge in [-0.25, -0.2) is 4.21 Å². The first kappa shape index (κ1) is 18.4. The standard InChI is InChI=1S/C21H26N2O3S/c1-16(18-7-6-17-4-2-3-5-19(17)14-18)20(24)23-10-11-26-21(15-23)8-12-27(22,25)13-9-21/h2-7,14,16,22H,8-13,15H2,1H3. The molecule has 1 N–H and O–H groups in total. The third-order valence-electron chi connectivity index (χ3n) is 5.98. The Labute approximate surface area is 160 Å². The van der Waals surface area contributed by atoms with Crippen LogP contribution in [0.25, 0.3) is 10.8 Å². The molecule has 6 heteroatoms. The zero-order chi connectivity index (χ0) is 19.1.